The second kappa shape index (κ2) is 6.36. The Morgan fingerprint density at radius 2 is 1.95 bits per heavy atom. The van der Waals surface area contributed by atoms with Crippen molar-refractivity contribution in [2.45, 2.75) is 40.7 Å². The van der Waals surface area contributed by atoms with Crippen LogP contribution in [0.2, 0.25) is 0 Å². The van der Waals surface area contributed by atoms with Gasteiger partial charge in [0.1, 0.15) is 11.3 Å². The smallest absolute Gasteiger partial charge is 0.344 e. The molecule has 1 heterocycles. The maximum absolute atomic E-state index is 11.8. The molecule has 1 atom stereocenters. The van der Waals surface area contributed by atoms with Crippen molar-refractivity contribution in [3.63, 3.8) is 0 Å². The highest BCUT2D eigenvalue weighted by atomic mass is 16.5. The van der Waals surface area contributed by atoms with Crippen molar-refractivity contribution in [2.24, 2.45) is 5.92 Å². The van der Waals surface area contributed by atoms with E-state index in [0.29, 0.717) is 17.4 Å². The number of nitrogens with zero attached hydrogens (tertiary/aromatic N) is 1. The summed E-state index contributed by atoms with van der Waals surface area (Å²) in [4.78, 5) is 23.3. The third kappa shape index (κ3) is 4.08. The van der Waals surface area contributed by atoms with Crippen molar-refractivity contribution in [3.05, 3.63) is 17.0 Å². The van der Waals surface area contributed by atoms with Crippen LogP contribution in [0.4, 0.5) is 0 Å². The number of aromatic nitrogens is 1. The first-order valence-corrected chi connectivity index (χ1v) is 6.22. The summed E-state index contributed by atoms with van der Waals surface area (Å²) in [7, 11) is 0. The first kappa shape index (κ1) is 15.2. The molecule has 0 aromatic carbocycles. The van der Waals surface area contributed by atoms with Gasteiger partial charge in [-0.15, -0.1) is 0 Å². The second-order valence-electron chi connectivity index (χ2n) is 4.88. The molecule has 19 heavy (non-hydrogen) atoms. The minimum Gasteiger partial charge on any atom is -0.452 e. The lowest BCUT2D eigenvalue weighted by Crippen LogP contribution is -2.38. The number of carbonyl (C=O) groups is 2. The minimum absolute atomic E-state index is 0.0327. The zero-order chi connectivity index (χ0) is 14.6. The molecule has 1 N–H and O–H groups in total. The summed E-state index contributed by atoms with van der Waals surface area (Å²) in [6, 6.07) is 0.0327. The van der Waals surface area contributed by atoms with Crippen molar-refractivity contribution in [1.82, 2.24) is 10.5 Å². The Morgan fingerprint density at radius 1 is 1.32 bits per heavy atom. The van der Waals surface area contributed by atoms with Crippen LogP contribution < -0.4 is 5.32 Å². The molecule has 106 valence electrons. The number of esters is 1. The number of aryl methyl sites for hydroxylation is 2. The van der Waals surface area contributed by atoms with E-state index >= 15 is 0 Å². The highest BCUT2D eigenvalue weighted by Crippen LogP contribution is 2.13. The molecule has 1 aromatic heterocycles. The molecule has 0 bridgehead atoms. The van der Waals surface area contributed by atoms with E-state index in [1.165, 1.54) is 0 Å². The molecule has 1 rings (SSSR count). The van der Waals surface area contributed by atoms with Gasteiger partial charge in [-0.05, 0) is 26.7 Å². The molecule has 1 amide bonds. The van der Waals surface area contributed by atoms with Gasteiger partial charge in [0.2, 0.25) is 0 Å². The van der Waals surface area contributed by atoms with E-state index in [4.69, 9.17) is 9.26 Å². The lowest BCUT2D eigenvalue weighted by molar-refractivity contribution is -0.125. The van der Waals surface area contributed by atoms with Crippen LogP contribution in [-0.2, 0) is 9.53 Å². The van der Waals surface area contributed by atoms with Crippen LogP contribution >= 0.6 is 0 Å². The maximum atomic E-state index is 11.8. The summed E-state index contributed by atoms with van der Waals surface area (Å²) in [6.07, 6.45) is 0. The lowest BCUT2D eigenvalue weighted by Gasteiger charge is -2.17. The summed E-state index contributed by atoms with van der Waals surface area (Å²) in [5.74, 6) is -0.203. The number of amides is 1. The summed E-state index contributed by atoms with van der Waals surface area (Å²) in [5.41, 5.74) is 0.739. The number of ether oxygens (including phenoxy) is 1. The molecule has 0 saturated carbocycles. The maximum Gasteiger partial charge on any atom is 0.344 e. The summed E-state index contributed by atoms with van der Waals surface area (Å²) in [6.45, 7) is 8.87. The van der Waals surface area contributed by atoms with Crippen LogP contribution in [0.3, 0.4) is 0 Å². The fourth-order valence-electron chi connectivity index (χ4n) is 1.44. The highest BCUT2D eigenvalue weighted by molar-refractivity contribution is 5.93. The van der Waals surface area contributed by atoms with Gasteiger partial charge in [-0.1, -0.05) is 19.0 Å². The van der Waals surface area contributed by atoms with E-state index in [1.807, 2.05) is 20.8 Å². The number of rotatable bonds is 5. The molecule has 6 nitrogen and oxygen atoms in total. The van der Waals surface area contributed by atoms with Crippen LogP contribution in [0.15, 0.2) is 4.52 Å². The molecule has 0 unspecified atom stereocenters. The predicted molar refractivity (Wildman–Crippen MR) is 68.7 cm³/mol. The average Bonchev–Trinajstić information content (AvgIpc) is 2.66. The molecule has 0 radical (unpaired) electrons. The molecular weight excluding hydrogens is 248 g/mol. The Hall–Kier alpha value is -1.85. The number of carbonyl (C=O) groups excluding carboxylic acids is 2. The SMILES string of the molecule is Cc1noc(C)c1C(=O)OCC(=O)N[C@H](C)C(C)C. The van der Waals surface area contributed by atoms with Crippen LogP contribution in [0, 0.1) is 19.8 Å². The Labute approximate surface area is 112 Å². The van der Waals surface area contributed by atoms with Crippen molar-refractivity contribution >= 4 is 11.9 Å². The minimum atomic E-state index is -0.594. The van der Waals surface area contributed by atoms with Gasteiger partial charge in [-0.2, -0.15) is 0 Å². The molecule has 0 saturated heterocycles. The fraction of sp³-hybridized carbons (Fsp3) is 0.615. The van der Waals surface area contributed by atoms with E-state index in [2.05, 4.69) is 10.5 Å². The predicted octanol–water partition coefficient (Wildman–Crippen LogP) is 1.61. The number of nitrogens with one attached hydrogen (secondary N) is 1. The van der Waals surface area contributed by atoms with Gasteiger partial charge in [0.15, 0.2) is 6.61 Å². The quantitative estimate of drug-likeness (QED) is 0.820. The Morgan fingerprint density at radius 3 is 2.42 bits per heavy atom. The summed E-state index contributed by atoms with van der Waals surface area (Å²) in [5, 5.41) is 6.41. The Kier molecular flexibility index (Phi) is 5.09. The van der Waals surface area contributed by atoms with Crippen molar-refractivity contribution in [1.29, 1.82) is 0 Å². The lowest BCUT2D eigenvalue weighted by atomic mass is 10.1. The van der Waals surface area contributed by atoms with Gasteiger partial charge in [-0.3, -0.25) is 4.79 Å². The first-order valence-electron chi connectivity index (χ1n) is 6.22. The van der Waals surface area contributed by atoms with Gasteiger partial charge >= 0.3 is 5.97 Å². The van der Waals surface area contributed by atoms with Gasteiger partial charge < -0.3 is 14.6 Å². The topological polar surface area (TPSA) is 81.4 Å². The molecule has 0 spiro atoms. The van der Waals surface area contributed by atoms with Gasteiger partial charge in [0.25, 0.3) is 5.91 Å². The van der Waals surface area contributed by atoms with E-state index in [-0.39, 0.29) is 24.1 Å². The summed E-state index contributed by atoms with van der Waals surface area (Å²) >= 11 is 0. The molecule has 0 aliphatic rings. The van der Waals surface area contributed by atoms with Crippen LogP contribution in [0.25, 0.3) is 0 Å². The van der Waals surface area contributed by atoms with E-state index in [9.17, 15) is 9.59 Å². The first-order chi connectivity index (χ1) is 8.82. The molecule has 0 aliphatic carbocycles. The van der Waals surface area contributed by atoms with Gasteiger partial charge in [-0.25, -0.2) is 4.79 Å². The average molecular weight is 268 g/mol. The Balaban J connectivity index is 2.49. The highest BCUT2D eigenvalue weighted by Gasteiger charge is 2.20. The van der Waals surface area contributed by atoms with E-state index in [0.717, 1.165) is 0 Å². The molecule has 0 fully saturated rings. The molecule has 1 aromatic rings. The van der Waals surface area contributed by atoms with Crippen LogP contribution in [-0.4, -0.2) is 29.7 Å². The van der Waals surface area contributed by atoms with Crippen LogP contribution in [0.1, 0.15) is 42.6 Å². The third-order valence-electron chi connectivity index (χ3n) is 2.96. The van der Waals surface area contributed by atoms with E-state index in [1.54, 1.807) is 13.8 Å². The van der Waals surface area contributed by atoms with Gasteiger partial charge in [0, 0.05) is 6.04 Å². The van der Waals surface area contributed by atoms with Crippen molar-refractivity contribution in [2.75, 3.05) is 6.61 Å². The monoisotopic (exact) mass is 268 g/mol. The van der Waals surface area contributed by atoms with E-state index < -0.39 is 5.97 Å². The van der Waals surface area contributed by atoms with Crippen molar-refractivity contribution in [3.8, 4) is 0 Å². The number of hydrogen-bond acceptors (Lipinski definition) is 5. The standard InChI is InChI=1S/C13H20N2O4/c1-7(2)8(3)14-11(16)6-18-13(17)12-9(4)15-19-10(12)5/h7-8H,6H2,1-5H3,(H,14,16)/t8-/m1/s1. The zero-order valence-electron chi connectivity index (χ0n) is 11.9. The Bertz CT molecular complexity index is 446. The third-order valence-corrected chi connectivity index (χ3v) is 2.96. The van der Waals surface area contributed by atoms with Crippen molar-refractivity contribution < 1.29 is 18.8 Å². The summed E-state index contributed by atoms with van der Waals surface area (Å²) < 4.78 is 9.81. The second-order valence-corrected chi connectivity index (χ2v) is 4.88. The van der Waals surface area contributed by atoms with Gasteiger partial charge in [0.05, 0.1) is 5.69 Å². The molecular formula is C13H20N2O4. The number of hydrogen-bond donors (Lipinski definition) is 1. The fourth-order valence-corrected chi connectivity index (χ4v) is 1.44. The normalized spacial score (nSPS) is 12.3. The molecule has 0 aliphatic heterocycles. The molecule has 6 heteroatoms. The zero-order valence-corrected chi connectivity index (χ0v) is 11.9. The van der Waals surface area contributed by atoms with Crippen LogP contribution in [0.5, 0.6) is 0 Å². The largest absolute Gasteiger partial charge is 0.452 e.